The summed E-state index contributed by atoms with van der Waals surface area (Å²) in [4.78, 5) is 15.2. The van der Waals surface area contributed by atoms with Crippen LogP contribution in [0.15, 0.2) is 48.5 Å². The van der Waals surface area contributed by atoms with Crippen molar-refractivity contribution in [3.8, 4) is 5.75 Å². The topological polar surface area (TPSA) is 41.6 Å². The second kappa shape index (κ2) is 9.92. The summed E-state index contributed by atoms with van der Waals surface area (Å²) in [6.45, 7) is 2.78. The van der Waals surface area contributed by atoms with Crippen molar-refractivity contribution < 1.29 is 9.53 Å². The van der Waals surface area contributed by atoms with Crippen LogP contribution in [0.3, 0.4) is 0 Å². The molecule has 2 heterocycles. The highest BCUT2D eigenvalue weighted by Crippen LogP contribution is 2.45. The number of nitrogens with one attached hydrogen (secondary N) is 1. The first-order valence-electron chi connectivity index (χ1n) is 10.2. The molecule has 0 aromatic heterocycles. The molecular weight excluding hydrogens is 400 g/mol. The molecule has 0 bridgehead atoms. The van der Waals surface area contributed by atoms with Crippen LogP contribution in [0.2, 0.25) is 0 Å². The zero-order valence-corrected chi connectivity index (χ0v) is 18.4. The maximum absolute atomic E-state index is 12.8. The molecule has 4 nitrogen and oxygen atoms in total. The van der Waals surface area contributed by atoms with Crippen molar-refractivity contribution in [3.05, 3.63) is 65.2 Å². The fourth-order valence-corrected chi connectivity index (χ4v) is 6.83. The van der Waals surface area contributed by atoms with Crippen LogP contribution in [0.1, 0.15) is 45.0 Å². The van der Waals surface area contributed by atoms with Gasteiger partial charge in [-0.25, -0.2) is 0 Å². The van der Waals surface area contributed by atoms with Crippen LogP contribution in [0, 0.1) is 0 Å². The summed E-state index contributed by atoms with van der Waals surface area (Å²) < 4.78 is 5.81. The van der Waals surface area contributed by atoms with Crippen molar-refractivity contribution in [3.63, 3.8) is 0 Å². The van der Waals surface area contributed by atoms with Gasteiger partial charge >= 0.3 is 0 Å². The van der Waals surface area contributed by atoms with E-state index in [0.29, 0.717) is 11.1 Å². The average molecular weight is 429 g/mol. The third kappa shape index (κ3) is 5.11. The molecule has 154 valence electrons. The molecule has 1 atom stereocenters. The highest BCUT2D eigenvalue weighted by Gasteiger charge is 2.24. The Morgan fingerprint density at radius 1 is 1.07 bits per heavy atom. The van der Waals surface area contributed by atoms with Crippen LogP contribution >= 0.6 is 23.5 Å². The summed E-state index contributed by atoms with van der Waals surface area (Å²) in [5.41, 5.74) is 3.26. The minimum absolute atomic E-state index is 0.000914. The molecule has 6 heteroatoms. The predicted molar refractivity (Wildman–Crippen MR) is 123 cm³/mol. The minimum atomic E-state index is 0.000914. The molecule has 2 aromatic carbocycles. The maximum Gasteiger partial charge on any atom is 0.251 e. The fourth-order valence-electron chi connectivity index (χ4n) is 3.97. The fraction of sp³-hybridized carbons (Fsp3) is 0.435. The second-order valence-corrected chi connectivity index (χ2v) is 10.2. The minimum Gasteiger partial charge on any atom is -0.497 e. The van der Waals surface area contributed by atoms with E-state index in [9.17, 15) is 4.79 Å². The van der Waals surface area contributed by atoms with E-state index in [1.54, 1.807) is 7.11 Å². The van der Waals surface area contributed by atoms with Crippen LogP contribution in [0.25, 0.3) is 0 Å². The normalized spacial score (nSPS) is 18.7. The highest BCUT2D eigenvalue weighted by molar-refractivity contribution is 8.19. The van der Waals surface area contributed by atoms with Gasteiger partial charge in [0.1, 0.15) is 5.75 Å². The third-order valence-electron chi connectivity index (χ3n) is 5.60. The van der Waals surface area contributed by atoms with Crippen molar-refractivity contribution in [1.29, 1.82) is 0 Å². The Balaban J connectivity index is 1.41. The lowest BCUT2D eigenvalue weighted by Gasteiger charge is -2.28. The molecular formula is C23H28N2O2S2. The molecule has 2 saturated heterocycles. The van der Waals surface area contributed by atoms with Crippen LogP contribution in [0.5, 0.6) is 5.75 Å². The molecule has 0 spiro atoms. The summed E-state index contributed by atoms with van der Waals surface area (Å²) >= 11 is 3.97. The van der Waals surface area contributed by atoms with Crippen LogP contribution < -0.4 is 10.1 Å². The monoisotopic (exact) mass is 428 g/mol. The molecule has 2 aliphatic rings. The van der Waals surface area contributed by atoms with E-state index in [1.165, 1.54) is 35.5 Å². The number of hydrogen-bond donors (Lipinski definition) is 1. The highest BCUT2D eigenvalue weighted by atomic mass is 32.2. The largest absolute Gasteiger partial charge is 0.497 e. The molecule has 0 aliphatic carbocycles. The molecule has 29 heavy (non-hydrogen) atoms. The van der Waals surface area contributed by atoms with Gasteiger partial charge in [-0.05, 0) is 61.3 Å². The Kier molecular flexibility index (Phi) is 7.06. The first kappa shape index (κ1) is 20.6. The van der Waals surface area contributed by atoms with Gasteiger partial charge in [-0.1, -0.05) is 24.3 Å². The Morgan fingerprint density at radius 2 is 1.72 bits per heavy atom. The number of hydrogen-bond acceptors (Lipinski definition) is 5. The van der Waals surface area contributed by atoms with Gasteiger partial charge in [0.15, 0.2) is 0 Å². The summed E-state index contributed by atoms with van der Waals surface area (Å²) in [6.07, 6.45) is 2.44. The van der Waals surface area contributed by atoms with E-state index in [1.807, 2.05) is 47.8 Å². The number of carbonyl (C=O) groups is 1. The van der Waals surface area contributed by atoms with E-state index in [2.05, 4.69) is 34.5 Å². The third-order valence-corrected chi connectivity index (χ3v) is 8.71. The van der Waals surface area contributed by atoms with Gasteiger partial charge < -0.3 is 10.1 Å². The molecule has 1 amide bonds. The summed E-state index contributed by atoms with van der Waals surface area (Å²) in [6, 6.07) is 16.5. The van der Waals surface area contributed by atoms with E-state index >= 15 is 0 Å². The van der Waals surface area contributed by atoms with Gasteiger partial charge in [0.25, 0.3) is 5.91 Å². The van der Waals surface area contributed by atoms with Crippen molar-refractivity contribution >= 4 is 29.4 Å². The molecule has 2 aromatic rings. The number of methoxy groups -OCH3 is 1. The van der Waals surface area contributed by atoms with E-state index in [0.717, 1.165) is 24.4 Å². The summed E-state index contributed by atoms with van der Waals surface area (Å²) in [7, 11) is 1.68. The van der Waals surface area contributed by atoms with Crippen molar-refractivity contribution in [1.82, 2.24) is 10.2 Å². The van der Waals surface area contributed by atoms with Crippen molar-refractivity contribution in [2.24, 2.45) is 0 Å². The summed E-state index contributed by atoms with van der Waals surface area (Å²) in [5, 5.41) is 3.17. The Labute approximate surface area is 181 Å². The van der Waals surface area contributed by atoms with Gasteiger partial charge in [-0.3, -0.25) is 9.69 Å². The van der Waals surface area contributed by atoms with Gasteiger partial charge in [-0.2, -0.15) is 0 Å². The molecule has 0 saturated carbocycles. The van der Waals surface area contributed by atoms with Gasteiger partial charge in [0.2, 0.25) is 0 Å². The maximum atomic E-state index is 12.8. The molecule has 2 fully saturated rings. The second-order valence-electron chi connectivity index (χ2n) is 7.44. The van der Waals surface area contributed by atoms with Crippen molar-refractivity contribution in [2.75, 3.05) is 38.2 Å². The number of thioether (sulfide) groups is 2. The predicted octanol–water partition coefficient (Wildman–Crippen LogP) is 4.74. The molecule has 2 aliphatic heterocycles. The first-order valence-corrected chi connectivity index (χ1v) is 12.3. The lowest BCUT2D eigenvalue weighted by atomic mass is 10.0. The summed E-state index contributed by atoms with van der Waals surface area (Å²) in [5.74, 6) is 3.28. The number of carbonyl (C=O) groups excluding carboxylic acids is 1. The molecule has 1 N–H and O–H groups in total. The van der Waals surface area contributed by atoms with E-state index < -0.39 is 0 Å². The lowest BCUT2D eigenvalue weighted by Crippen LogP contribution is -2.36. The van der Waals surface area contributed by atoms with Crippen molar-refractivity contribution in [2.45, 2.75) is 23.5 Å². The Morgan fingerprint density at radius 3 is 2.34 bits per heavy atom. The van der Waals surface area contributed by atoms with Gasteiger partial charge in [0.05, 0.1) is 17.7 Å². The number of nitrogens with zero attached hydrogens (tertiary/aromatic N) is 1. The molecule has 0 radical (unpaired) electrons. The Bertz CT molecular complexity index is 799. The number of rotatable bonds is 7. The van der Waals surface area contributed by atoms with Crippen LogP contribution in [-0.2, 0) is 0 Å². The average Bonchev–Trinajstić information content (AvgIpc) is 3.49. The molecule has 1 unspecified atom stereocenters. The number of ether oxygens (including phenoxy) is 1. The SMILES string of the molecule is COc1ccc(C(CNC(=O)c2ccc(C3SCCS3)cc2)N2CCCC2)cc1. The smallest absolute Gasteiger partial charge is 0.251 e. The number of benzene rings is 2. The van der Waals surface area contributed by atoms with E-state index in [4.69, 9.17) is 4.74 Å². The Hall–Kier alpha value is -1.63. The number of likely N-dealkylation sites (tertiary alicyclic amines) is 1. The van der Waals surface area contributed by atoms with Crippen LogP contribution in [0.4, 0.5) is 0 Å². The standard InChI is InChI=1S/C23H28N2O2S2/c1-27-20-10-8-17(9-11-20)21(25-12-2-3-13-25)16-24-22(26)18-4-6-19(7-5-18)23-28-14-15-29-23/h4-11,21,23H,2-3,12-16H2,1H3,(H,24,26). The first-order chi connectivity index (χ1) is 14.2. The zero-order valence-electron chi connectivity index (χ0n) is 16.8. The quantitative estimate of drug-likeness (QED) is 0.690. The van der Waals surface area contributed by atoms with Crippen LogP contribution in [-0.4, -0.2) is 49.1 Å². The molecule has 4 rings (SSSR count). The van der Waals surface area contributed by atoms with Gasteiger partial charge in [-0.15, -0.1) is 23.5 Å². The zero-order chi connectivity index (χ0) is 20.1. The van der Waals surface area contributed by atoms with Gasteiger partial charge in [0, 0.05) is 23.6 Å². The van der Waals surface area contributed by atoms with E-state index in [-0.39, 0.29) is 11.9 Å². The number of amides is 1. The lowest BCUT2D eigenvalue weighted by molar-refractivity contribution is 0.0938.